The SMILES string of the molecule is NC(=O)C1CCCN(C(=O)C(N)c2ccccc2)C1. The molecule has 0 spiro atoms. The summed E-state index contributed by atoms with van der Waals surface area (Å²) in [5.41, 5.74) is 12.1. The fourth-order valence-electron chi connectivity index (χ4n) is 2.41. The van der Waals surface area contributed by atoms with Crippen LogP contribution in [-0.2, 0) is 9.59 Å². The second-order valence-electron chi connectivity index (χ2n) is 4.91. The summed E-state index contributed by atoms with van der Waals surface area (Å²) in [7, 11) is 0. The van der Waals surface area contributed by atoms with Crippen LogP contribution < -0.4 is 11.5 Å². The van der Waals surface area contributed by atoms with Gasteiger partial charge in [0.1, 0.15) is 6.04 Å². The molecule has 102 valence electrons. The van der Waals surface area contributed by atoms with Gasteiger partial charge in [-0.2, -0.15) is 0 Å². The first-order valence-corrected chi connectivity index (χ1v) is 6.48. The summed E-state index contributed by atoms with van der Waals surface area (Å²) in [5.74, 6) is -0.733. The highest BCUT2D eigenvalue weighted by Crippen LogP contribution is 2.20. The maximum absolute atomic E-state index is 12.3. The molecular weight excluding hydrogens is 242 g/mol. The van der Waals surface area contributed by atoms with Gasteiger partial charge in [0.15, 0.2) is 0 Å². The van der Waals surface area contributed by atoms with Crippen LogP contribution >= 0.6 is 0 Å². The molecule has 1 heterocycles. The van der Waals surface area contributed by atoms with Gasteiger partial charge in [-0.3, -0.25) is 9.59 Å². The molecule has 0 aliphatic carbocycles. The molecule has 1 aromatic rings. The summed E-state index contributed by atoms with van der Waals surface area (Å²) in [5, 5.41) is 0. The lowest BCUT2D eigenvalue weighted by Crippen LogP contribution is -2.47. The number of nitrogens with two attached hydrogens (primary N) is 2. The minimum absolute atomic E-state index is 0.142. The quantitative estimate of drug-likeness (QED) is 0.825. The minimum atomic E-state index is -0.673. The van der Waals surface area contributed by atoms with Crippen molar-refractivity contribution in [3.05, 3.63) is 35.9 Å². The van der Waals surface area contributed by atoms with Crippen molar-refractivity contribution in [2.75, 3.05) is 13.1 Å². The molecule has 0 radical (unpaired) electrons. The second-order valence-corrected chi connectivity index (χ2v) is 4.91. The summed E-state index contributed by atoms with van der Waals surface area (Å²) in [6.07, 6.45) is 1.54. The fourth-order valence-corrected chi connectivity index (χ4v) is 2.41. The second kappa shape index (κ2) is 5.84. The molecule has 2 atom stereocenters. The molecule has 0 aromatic heterocycles. The monoisotopic (exact) mass is 261 g/mol. The first-order valence-electron chi connectivity index (χ1n) is 6.48. The third-order valence-electron chi connectivity index (χ3n) is 3.56. The molecule has 1 aromatic carbocycles. The Morgan fingerprint density at radius 1 is 1.26 bits per heavy atom. The van der Waals surface area contributed by atoms with E-state index in [-0.39, 0.29) is 17.7 Å². The molecular formula is C14H19N3O2. The first-order chi connectivity index (χ1) is 9.09. The van der Waals surface area contributed by atoms with Crippen molar-refractivity contribution in [2.45, 2.75) is 18.9 Å². The smallest absolute Gasteiger partial charge is 0.244 e. The van der Waals surface area contributed by atoms with Crippen LogP contribution in [-0.4, -0.2) is 29.8 Å². The molecule has 5 nitrogen and oxygen atoms in total. The Bertz CT molecular complexity index is 461. The van der Waals surface area contributed by atoms with Gasteiger partial charge in [-0.1, -0.05) is 30.3 Å². The average molecular weight is 261 g/mol. The summed E-state index contributed by atoms with van der Waals surface area (Å²) >= 11 is 0. The largest absolute Gasteiger partial charge is 0.369 e. The first kappa shape index (κ1) is 13.5. The fraction of sp³-hybridized carbons (Fsp3) is 0.429. The molecule has 2 unspecified atom stereocenters. The standard InChI is InChI=1S/C14H19N3O2/c15-12(10-5-2-1-3-6-10)14(19)17-8-4-7-11(9-17)13(16)18/h1-3,5-6,11-12H,4,7-9,15H2,(H2,16,18). The van der Waals surface area contributed by atoms with Gasteiger partial charge in [-0.15, -0.1) is 0 Å². The zero-order valence-corrected chi connectivity index (χ0v) is 10.8. The van der Waals surface area contributed by atoms with Crippen molar-refractivity contribution < 1.29 is 9.59 Å². The summed E-state index contributed by atoms with van der Waals surface area (Å²) < 4.78 is 0. The van der Waals surface area contributed by atoms with E-state index in [0.717, 1.165) is 18.4 Å². The Labute approximate surface area is 112 Å². The van der Waals surface area contributed by atoms with Gasteiger partial charge in [0.2, 0.25) is 11.8 Å². The molecule has 1 fully saturated rings. The van der Waals surface area contributed by atoms with E-state index in [0.29, 0.717) is 13.1 Å². The summed E-state index contributed by atoms with van der Waals surface area (Å²) in [6.45, 7) is 1.03. The van der Waals surface area contributed by atoms with Gasteiger partial charge in [0.25, 0.3) is 0 Å². The number of hydrogen-bond acceptors (Lipinski definition) is 3. The van der Waals surface area contributed by atoms with Gasteiger partial charge in [0.05, 0.1) is 5.92 Å². The number of primary amides is 1. The van der Waals surface area contributed by atoms with E-state index in [9.17, 15) is 9.59 Å². The average Bonchev–Trinajstić information content (AvgIpc) is 2.46. The normalized spacial score (nSPS) is 20.9. The molecule has 0 bridgehead atoms. The number of rotatable bonds is 3. The van der Waals surface area contributed by atoms with Gasteiger partial charge in [-0.05, 0) is 18.4 Å². The van der Waals surface area contributed by atoms with Crippen LogP contribution in [0.4, 0.5) is 0 Å². The van der Waals surface area contributed by atoms with Crippen molar-refractivity contribution >= 4 is 11.8 Å². The number of hydrogen-bond donors (Lipinski definition) is 2. The van der Waals surface area contributed by atoms with Gasteiger partial charge in [-0.25, -0.2) is 0 Å². The predicted octanol–water partition coefficient (Wildman–Crippen LogP) is 0.410. The number of amides is 2. The lowest BCUT2D eigenvalue weighted by molar-refractivity contribution is -0.136. The lowest BCUT2D eigenvalue weighted by atomic mass is 9.96. The van der Waals surface area contributed by atoms with Crippen molar-refractivity contribution in [1.82, 2.24) is 4.90 Å². The highest BCUT2D eigenvalue weighted by molar-refractivity contribution is 5.84. The maximum Gasteiger partial charge on any atom is 0.244 e. The number of benzene rings is 1. The summed E-state index contributed by atoms with van der Waals surface area (Å²) in [4.78, 5) is 25.2. The van der Waals surface area contributed by atoms with Crippen LogP contribution in [0.5, 0.6) is 0 Å². The minimum Gasteiger partial charge on any atom is -0.369 e. The van der Waals surface area contributed by atoms with Crippen molar-refractivity contribution in [3.8, 4) is 0 Å². The van der Waals surface area contributed by atoms with Gasteiger partial charge < -0.3 is 16.4 Å². The van der Waals surface area contributed by atoms with Crippen LogP contribution in [0.15, 0.2) is 30.3 Å². The van der Waals surface area contributed by atoms with E-state index < -0.39 is 6.04 Å². The number of carbonyl (C=O) groups excluding carboxylic acids is 2. The van der Waals surface area contributed by atoms with E-state index in [1.54, 1.807) is 4.90 Å². The van der Waals surface area contributed by atoms with E-state index in [1.165, 1.54) is 0 Å². The number of likely N-dealkylation sites (tertiary alicyclic amines) is 1. The number of nitrogens with zero attached hydrogens (tertiary/aromatic N) is 1. The Kier molecular flexibility index (Phi) is 4.16. The third-order valence-corrected chi connectivity index (χ3v) is 3.56. The molecule has 1 aliphatic heterocycles. The predicted molar refractivity (Wildman–Crippen MR) is 71.9 cm³/mol. The lowest BCUT2D eigenvalue weighted by Gasteiger charge is -2.33. The van der Waals surface area contributed by atoms with Crippen molar-refractivity contribution in [2.24, 2.45) is 17.4 Å². The number of carbonyl (C=O) groups is 2. The third kappa shape index (κ3) is 3.12. The zero-order valence-electron chi connectivity index (χ0n) is 10.8. The van der Waals surface area contributed by atoms with E-state index in [1.807, 2.05) is 30.3 Å². The molecule has 19 heavy (non-hydrogen) atoms. The zero-order chi connectivity index (χ0) is 13.8. The topological polar surface area (TPSA) is 89.4 Å². The molecule has 4 N–H and O–H groups in total. The molecule has 5 heteroatoms. The van der Waals surface area contributed by atoms with E-state index >= 15 is 0 Å². The van der Waals surface area contributed by atoms with Crippen molar-refractivity contribution in [1.29, 1.82) is 0 Å². The highest BCUT2D eigenvalue weighted by Gasteiger charge is 2.29. The van der Waals surface area contributed by atoms with Gasteiger partial charge in [0, 0.05) is 13.1 Å². The Morgan fingerprint density at radius 3 is 2.58 bits per heavy atom. The van der Waals surface area contributed by atoms with Crippen LogP contribution in [0.3, 0.4) is 0 Å². The highest BCUT2D eigenvalue weighted by atomic mass is 16.2. The Morgan fingerprint density at radius 2 is 1.95 bits per heavy atom. The van der Waals surface area contributed by atoms with Crippen LogP contribution in [0.2, 0.25) is 0 Å². The maximum atomic E-state index is 12.3. The molecule has 1 aliphatic rings. The van der Waals surface area contributed by atoms with E-state index in [2.05, 4.69) is 0 Å². The molecule has 1 saturated heterocycles. The number of piperidine rings is 1. The van der Waals surface area contributed by atoms with Crippen LogP contribution in [0.1, 0.15) is 24.4 Å². The Balaban J connectivity index is 2.05. The molecule has 0 saturated carbocycles. The molecule has 2 rings (SSSR count). The van der Waals surface area contributed by atoms with Crippen LogP contribution in [0, 0.1) is 5.92 Å². The van der Waals surface area contributed by atoms with Crippen LogP contribution in [0.25, 0.3) is 0 Å². The summed E-state index contributed by atoms with van der Waals surface area (Å²) in [6, 6.07) is 8.57. The van der Waals surface area contributed by atoms with Gasteiger partial charge >= 0.3 is 0 Å². The van der Waals surface area contributed by atoms with E-state index in [4.69, 9.17) is 11.5 Å². The Hall–Kier alpha value is -1.88. The molecule has 2 amide bonds. The van der Waals surface area contributed by atoms with Crippen molar-refractivity contribution in [3.63, 3.8) is 0 Å².